The third kappa shape index (κ3) is 6.41. The average molecular weight is 385 g/mol. The Morgan fingerprint density at radius 2 is 1.93 bits per heavy atom. The van der Waals surface area contributed by atoms with E-state index in [0.29, 0.717) is 12.1 Å². The number of rotatable bonds is 5. The highest BCUT2D eigenvalue weighted by molar-refractivity contribution is 5.73. The van der Waals surface area contributed by atoms with E-state index in [1.165, 1.54) is 5.56 Å². The molecule has 8 heteroatoms. The van der Waals surface area contributed by atoms with Gasteiger partial charge in [-0.05, 0) is 30.5 Å². The number of methoxy groups -OCH3 is 1. The SMILES string of the molecule is CO[C@@H]1CCN(Cc2ccco2)[C@H]1Cc1ccccc1.O=C(O)C(F)(F)F. The van der Waals surface area contributed by atoms with Crippen LogP contribution in [0, 0.1) is 0 Å². The molecule has 2 aromatic rings. The quantitative estimate of drug-likeness (QED) is 0.850. The Bertz CT molecular complexity index is 689. The number of nitrogens with zero attached hydrogens (tertiary/aromatic N) is 1. The Morgan fingerprint density at radius 3 is 2.44 bits per heavy atom. The molecule has 0 spiro atoms. The molecule has 1 aromatic carbocycles. The van der Waals surface area contributed by atoms with E-state index in [4.69, 9.17) is 19.1 Å². The molecule has 1 fully saturated rings. The van der Waals surface area contributed by atoms with Crippen LogP contribution in [-0.4, -0.2) is 48.0 Å². The molecule has 5 nitrogen and oxygen atoms in total. The van der Waals surface area contributed by atoms with Crippen LogP contribution in [0.2, 0.25) is 0 Å². The average Bonchev–Trinajstić information content (AvgIpc) is 3.26. The molecule has 1 aliphatic rings. The van der Waals surface area contributed by atoms with Crippen LogP contribution in [0.15, 0.2) is 53.1 Å². The zero-order chi connectivity index (χ0) is 19.9. The Labute approximate surface area is 155 Å². The minimum absolute atomic E-state index is 0.310. The van der Waals surface area contributed by atoms with Crippen molar-refractivity contribution in [1.82, 2.24) is 4.90 Å². The van der Waals surface area contributed by atoms with Crippen molar-refractivity contribution < 1.29 is 32.2 Å². The number of hydrogen-bond acceptors (Lipinski definition) is 4. The largest absolute Gasteiger partial charge is 0.490 e. The number of carboxylic acids is 1. The van der Waals surface area contributed by atoms with E-state index in [1.807, 2.05) is 19.2 Å². The third-order valence-corrected chi connectivity index (χ3v) is 4.37. The van der Waals surface area contributed by atoms with Gasteiger partial charge in [-0.15, -0.1) is 0 Å². The summed E-state index contributed by atoms with van der Waals surface area (Å²) in [5.41, 5.74) is 1.37. The summed E-state index contributed by atoms with van der Waals surface area (Å²) in [4.78, 5) is 11.4. The van der Waals surface area contributed by atoms with Gasteiger partial charge in [-0.2, -0.15) is 13.2 Å². The summed E-state index contributed by atoms with van der Waals surface area (Å²) in [5.74, 6) is -1.73. The summed E-state index contributed by atoms with van der Waals surface area (Å²) in [7, 11) is 1.82. The van der Waals surface area contributed by atoms with Crippen LogP contribution in [0.1, 0.15) is 17.7 Å². The standard InChI is InChI=1S/C17H21NO2.C2HF3O2/c1-19-17-9-10-18(13-15-8-5-11-20-15)16(17)12-14-6-3-2-4-7-14;3-2(4,5)1(6)7/h2-8,11,16-17H,9-10,12-13H2,1H3;(H,6,7)/t16-,17+;/m0./s1. The highest BCUT2D eigenvalue weighted by Gasteiger charge is 2.38. The minimum atomic E-state index is -5.08. The highest BCUT2D eigenvalue weighted by atomic mass is 19.4. The van der Waals surface area contributed by atoms with E-state index in [1.54, 1.807) is 6.26 Å². The van der Waals surface area contributed by atoms with Gasteiger partial charge in [0, 0.05) is 19.7 Å². The van der Waals surface area contributed by atoms with Crippen LogP contribution in [0.3, 0.4) is 0 Å². The van der Waals surface area contributed by atoms with Crippen molar-refractivity contribution in [2.75, 3.05) is 13.7 Å². The van der Waals surface area contributed by atoms with Gasteiger partial charge in [0.25, 0.3) is 0 Å². The number of halogens is 3. The molecule has 0 aliphatic carbocycles. The number of aliphatic carboxylic acids is 1. The molecule has 1 aromatic heterocycles. The summed E-state index contributed by atoms with van der Waals surface area (Å²) in [5, 5.41) is 7.12. The van der Waals surface area contributed by atoms with E-state index in [2.05, 4.69) is 35.2 Å². The normalized spacial score (nSPS) is 20.1. The van der Waals surface area contributed by atoms with Crippen molar-refractivity contribution >= 4 is 5.97 Å². The monoisotopic (exact) mass is 385 g/mol. The smallest absolute Gasteiger partial charge is 0.475 e. The summed E-state index contributed by atoms with van der Waals surface area (Å²) >= 11 is 0. The van der Waals surface area contributed by atoms with Gasteiger partial charge in [-0.1, -0.05) is 30.3 Å². The molecule has 0 saturated carbocycles. The summed E-state index contributed by atoms with van der Waals surface area (Å²) in [6.45, 7) is 1.93. The van der Waals surface area contributed by atoms with Gasteiger partial charge in [0.05, 0.1) is 18.9 Å². The lowest BCUT2D eigenvalue weighted by Gasteiger charge is -2.27. The maximum Gasteiger partial charge on any atom is 0.490 e. The number of likely N-dealkylation sites (tertiary alicyclic amines) is 1. The number of benzene rings is 1. The zero-order valence-corrected chi connectivity index (χ0v) is 14.9. The number of hydrogen-bond donors (Lipinski definition) is 1. The first-order chi connectivity index (χ1) is 12.8. The first-order valence-electron chi connectivity index (χ1n) is 8.44. The topological polar surface area (TPSA) is 62.9 Å². The van der Waals surface area contributed by atoms with E-state index in [-0.39, 0.29) is 0 Å². The van der Waals surface area contributed by atoms with Gasteiger partial charge in [0.1, 0.15) is 5.76 Å². The van der Waals surface area contributed by atoms with Crippen molar-refractivity contribution in [3.05, 3.63) is 60.1 Å². The molecule has 27 heavy (non-hydrogen) atoms. The minimum Gasteiger partial charge on any atom is -0.475 e. The van der Waals surface area contributed by atoms with Crippen molar-refractivity contribution in [3.8, 4) is 0 Å². The molecular weight excluding hydrogens is 363 g/mol. The maximum absolute atomic E-state index is 10.6. The van der Waals surface area contributed by atoms with Gasteiger partial charge in [-0.25, -0.2) is 4.79 Å². The van der Waals surface area contributed by atoms with E-state index in [0.717, 1.165) is 31.7 Å². The number of carbonyl (C=O) groups is 1. The van der Waals surface area contributed by atoms with Gasteiger partial charge >= 0.3 is 12.1 Å². The van der Waals surface area contributed by atoms with Crippen LogP contribution in [0.4, 0.5) is 13.2 Å². The van der Waals surface area contributed by atoms with Gasteiger partial charge < -0.3 is 14.3 Å². The lowest BCUT2D eigenvalue weighted by molar-refractivity contribution is -0.192. The number of furan rings is 1. The molecule has 2 atom stereocenters. The van der Waals surface area contributed by atoms with Crippen LogP contribution in [0.25, 0.3) is 0 Å². The van der Waals surface area contributed by atoms with Crippen LogP contribution in [0.5, 0.6) is 0 Å². The van der Waals surface area contributed by atoms with Crippen LogP contribution < -0.4 is 0 Å². The second kappa shape index (κ2) is 9.57. The number of carboxylic acid groups (broad SMARTS) is 1. The number of alkyl halides is 3. The fourth-order valence-corrected chi connectivity index (χ4v) is 3.08. The second-order valence-corrected chi connectivity index (χ2v) is 6.17. The molecule has 0 bridgehead atoms. The second-order valence-electron chi connectivity index (χ2n) is 6.17. The summed E-state index contributed by atoms with van der Waals surface area (Å²) in [6, 6.07) is 15.1. The lowest BCUT2D eigenvalue weighted by atomic mass is 10.0. The lowest BCUT2D eigenvalue weighted by Crippen LogP contribution is -2.37. The van der Waals surface area contributed by atoms with Crippen molar-refractivity contribution in [3.63, 3.8) is 0 Å². The summed E-state index contributed by atoms with van der Waals surface area (Å²) < 4.78 is 42.9. The highest BCUT2D eigenvalue weighted by Crippen LogP contribution is 2.26. The molecular formula is C19H22F3NO4. The molecule has 148 valence electrons. The van der Waals surface area contributed by atoms with Crippen LogP contribution >= 0.6 is 0 Å². The molecule has 0 amide bonds. The van der Waals surface area contributed by atoms with Gasteiger partial charge in [-0.3, -0.25) is 4.90 Å². The van der Waals surface area contributed by atoms with Crippen molar-refractivity contribution in [2.24, 2.45) is 0 Å². The summed E-state index contributed by atoms with van der Waals surface area (Å²) in [6.07, 6.45) is -0.912. The Morgan fingerprint density at radius 1 is 1.26 bits per heavy atom. The third-order valence-electron chi connectivity index (χ3n) is 4.37. The van der Waals surface area contributed by atoms with Gasteiger partial charge in [0.2, 0.25) is 0 Å². The Kier molecular flexibility index (Phi) is 7.44. The first-order valence-corrected chi connectivity index (χ1v) is 8.44. The van der Waals surface area contributed by atoms with E-state index >= 15 is 0 Å². The fourth-order valence-electron chi connectivity index (χ4n) is 3.08. The van der Waals surface area contributed by atoms with Crippen molar-refractivity contribution in [1.29, 1.82) is 0 Å². The Hall–Kier alpha value is -2.32. The van der Waals surface area contributed by atoms with Gasteiger partial charge in [0.15, 0.2) is 0 Å². The predicted octanol–water partition coefficient (Wildman–Crippen LogP) is 3.74. The molecule has 2 heterocycles. The van der Waals surface area contributed by atoms with E-state index in [9.17, 15) is 13.2 Å². The van der Waals surface area contributed by atoms with E-state index < -0.39 is 12.1 Å². The molecule has 1 aliphatic heterocycles. The molecule has 1 saturated heterocycles. The number of ether oxygens (including phenoxy) is 1. The Balaban J connectivity index is 0.000000321. The fraction of sp³-hybridized carbons (Fsp3) is 0.421. The molecule has 3 rings (SSSR count). The predicted molar refractivity (Wildman–Crippen MR) is 92.2 cm³/mol. The molecule has 0 radical (unpaired) electrons. The maximum atomic E-state index is 10.6. The first kappa shape index (κ1) is 21.0. The van der Waals surface area contributed by atoms with Crippen LogP contribution in [-0.2, 0) is 22.5 Å². The van der Waals surface area contributed by atoms with Crippen molar-refractivity contribution in [2.45, 2.75) is 37.7 Å². The molecule has 0 unspecified atom stereocenters. The zero-order valence-electron chi connectivity index (χ0n) is 14.9. The molecule has 1 N–H and O–H groups in total.